The van der Waals surface area contributed by atoms with E-state index in [0.29, 0.717) is 5.41 Å². The average Bonchev–Trinajstić information content (AvgIpc) is 2.99. The number of likely N-dealkylation sites (tertiary alicyclic amines) is 1. The van der Waals surface area contributed by atoms with Crippen LogP contribution >= 0.6 is 11.8 Å². The van der Waals surface area contributed by atoms with E-state index in [9.17, 15) is 0 Å². The Hall–Kier alpha value is -1.45. The van der Waals surface area contributed by atoms with Crippen LogP contribution in [0.3, 0.4) is 0 Å². The van der Waals surface area contributed by atoms with E-state index in [-0.39, 0.29) is 0 Å². The third kappa shape index (κ3) is 4.22. The average molecular weight is 409 g/mol. The van der Waals surface area contributed by atoms with Gasteiger partial charge in [-0.05, 0) is 86.8 Å². The zero-order valence-corrected chi connectivity index (χ0v) is 19.6. The fourth-order valence-corrected chi connectivity index (χ4v) is 5.74. The zero-order chi connectivity index (χ0) is 20.6. The second-order valence-corrected chi connectivity index (χ2v) is 10.5. The maximum atomic E-state index is 2.68. The van der Waals surface area contributed by atoms with Crippen LogP contribution in [0.4, 0.5) is 5.69 Å². The predicted octanol–water partition coefficient (Wildman–Crippen LogP) is 6.04. The van der Waals surface area contributed by atoms with Gasteiger partial charge in [0.05, 0.1) is 0 Å². The van der Waals surface area contributed by atoms with Gasteiger partial charge in [0.15, 0.2) is 0 Å². The van der Waals surface area contributed by atoms with Crippen LogP contribution in [0.25, 0.3) is 0 Å². The first-order valence-electron chi connectivity index (χ1n) is 11.1. The summed E-state index contributed by atoms with van der Waals surface area (Å²) in [5.74, 6) is 0.754. The Morgan fingerprint density at radius 1 is 1.03 bits per heavy atom. The number of hydrogen-bond acceptors (Lipinski definition) is 3. The molecule has 0 amide bonds. The van der Waals surface area contributed by atoms with E-state index in [1.165, 1.54) is 66.3 Å². The van der Waals surface area contributed by atoms with Gasteiger partial charge >= 0.3 is 0 Å². The summed E-state index contributed by atoms with van der Waals surface area (Å²) in [6.45, 7) is 15.0. The van der Waals surface area contributed by atoms with Crippen LogP contribution in [0.15, 0.2) is 41.3 Å². The zero-order valence-electron chi connectivity index (χ0n) is 18.8. The van der Waals surface area contributed by atoms with Crippen molar-refractivity contribution in [3.8, 4) is 0 Å². The molecule has 0 bridgehead atoms. The maximum absolute atomic E-state index is 2.68. The minimum atomic E-state index is 0.326. The number of fused-ring (bicyclic) bond motifs is 2. The number of anilines is 1. The first-order chi connectivity index (χ1) is 13.9. The molecule has 0 radical (unpaired) electrons. The molecule has 156 valence electrons. The summed E-state index contributed by atoms with van der Waals surface area (Å²) in [7, 11) is 0. The highest BCUT2D eigenvalue weighted by molar-refractivity contribution is 7.98. The third-order valence-electron chi connectivity index (χ3n) is 6.91. The topological polar surface area (TPSA) is 6.48 Å². The van der Waals surface area contributed by atoms with Crippen molar-refractivity contribution in [3.63, 3.8) is 0 Å². The van der Waals surface area contributed by atoms with Gasteiger partial charge in [-0.2, -0.15) is 0 Å². The van der Waals surface area contributed by atoms with Crippen molar-refractivity contribution >= 4 is 17.4 Å². The van der Waals surface area contributed by atoms with Crippen LogP contribution in [0, 0.1) is 19.8 Å². The van der Waals surface area contributed by atoms with Gasteiger partial charge in [-0.3, -0.25) is 0 Å². The smallest absolute Gasteiger partial charge is 0.0432 e. The molecule has 1 spiro atoms. The Labute approximate surface area is 181 Å². The molecule has 2 aromatic rings. The predicted molar refractivity (Wildman–Crippen MR) is 127 cm³/mol. The van der Waals surface area contributed by atoms with Crippen LogP contribution in [-0.2, 0) is 12.0 Å². The molecule has 0 saturated carbocycles. The molecule has 2 aromatic carbocycles. The second-order valence-electron chi connectivity index (χ2n) is 9.64. The first kappa shape index (κ1) is 20.8. The van der Waals surface area contributed by atoms with Crippen LogP contribution in [0.5, 0.6) is 0 Å². The van der Waals surface area contributed by atoms with Gasteiger partial charge in [0.2, 0.25) is 0 Å². The molecule has 2 heterocycles. The van der Waals surface area contributed by atoms with E-state index in [4.69, 9.17) is 0 Å². The lowest BCUT2D eigenvalue weighted by Gasteiger charge is -2.40. The molecule has 4 rings (SSSR count). The number of nitrogens with zero attached hydrogens (tertiary/aromatic N) is 2. The van der Waals surface area contributed by atoms with Crippen LogP contribution in [0.1, 0.15) is 48.9 Å². The van der Waals surface area contributed by atoms with Crippen molar-refractivity contribution in [1.29, 1.82) is 0 Å². The standard InChI is InChI=1S/C26H36N2S/c1-19(2)16-27-12-10-26(11-13-27)18-28(17-22-14-20(3)6-7-21(22)4)25-9-8-23(29-5)15-24(25)26/h6-9,14-15,19H,10-13,16-18H2,1-5H3. The third-order valence-corrected chi connectivity index (χ3v) is 7.64. The summed E-state index contributed by atoms with van der Waals surface area (Å²) < 4.78 is 0. The molecule has 0 aromatic heterocycles. The number of rotatable bonds is 5. The van der Waals surface area contributed by atoms with Crippen molar-refractivity contribution in [1.82, 2.24) is 4.90 Å². The molecule has 0 unspecified atom stereocenters. The van der Waals surface area contributed by atoms with Crippen molar-refractivity contribution in [2.75, 3.05) is 37.3 Å². The summed E-state index contributed by atoms with van der Waals surface area (Å²) in [4.78, 5) is 6.75. The Balaban J connectivity index is 1.63. The maximum Gasteiger partial charge on any atom is 0.0432 e. The summed E-state index contributed by atoms with van der Waals surface area (Å²) in [6, 6.07) is 14.1. The van der Waals surface area contributed by atoms with Crippen molar-refractivity contribution in [2.45, 2.75) is 57.4 Å². The summed E-state index contributed by atoms with van der Waals surface area (Å²) >= 11 is 1.87. The first-order valence-corrected chi connectivity index (χ1v) is 12.3. The van der Waals surface area contributed by atoms with Gasteiger partial charge in [-0.25, -0.2) is 0 Å². The normalized spacial score (nSPS) is 18.6. The van der Waals surface area contributed by atoms with E-state index >= 15 is 0 Å². The SMILES string of the molecule is CSc1ccc2c(c1)C1(CCN(CC(C)C)CC1)CN2Cc1cc(C)ccc1C. The Bertz CT molecular complexity index is 865. The summed E-state index contributed by atoms with van der Waals surface area (Å²) in [5, 5.41) is 0. The molecule has 2 nitrogen and oxygen atoms in total. The van der Waals surface area contributed by atoms with Gasteiger partial charge in [-0.15, -0.1) is 11.8 Å². The molecule has 2 aliphatic rings. The molecule has 29 heavy (non-hydrogen) atoms. The van der Waals surface area contributed by atoms with Crippen molar-refractivity contribution < 1.29 is 0 Å². The lowest BCUT2D eigenvalue weighted by molar-refractivity contribution is 0.152. The van der Waals surface area contributed by atoms with E-state index < -0.39 is 0 Å². The molecule has 3 heteroatoms. The van der Waals surface area contributed by atoms with E-state index in [1.807, 2.05) is 11.8 Å². The Morgan fingerprint density at radius 3 is 2.48 bits per heavy atom. The molecule has 0 N–H and O–H groups in total. The number of thioether (sulfide) groups is 1. The molecule has 1 fully saturated rings. The summed E-state index contributed by atoms with van der Waals surface area (Å²) in [5.41, 5.74) is 7.65. The number of piperidine rings is 1. The minimum Gasteiger partial charge on any atom is -0.366 e. The highest BCUT2D eigenvalue weighted by atomic mass is 32.2. The number of aryl methyl sites for hydroxylation is 2. The molecular weight excluding hydrogens is 372 g/mol. The van der Waals surface area contributed by atoms with Gasteiger partial charge in [0.25, 0.3) is 0 Å². The van der Waals surface area contributed by atoms with Crippen LogP contribution in [0.2, 0.25) is 0 Å². The molecular formula is C26H36N2S. The van der Waals surface area contributed by atoms with Crippen LogP contribution in [-0.4, -0.2) is 37.3 Å². The van der Waals surface area contributed by atoms with Crippen LogP contribution < -0.4 is 4.90 Å². The molecule has 0 atom stereocenters. The summed E-state index contributed by atoms with van der Waals surface area (Å²) in [6.07, 6.45) is 4.77. The monoisotopic (exact) mass is 408 g/mol. The lowest BCUT2D eigenvalue weighted by Crippen LogP contribution is -2.46. The van der Waals surface area contributed by atoms with Gasteiger partial charge in [0.1, 0.15) is 0 Å². The fourth-order valence-electron chi connectivity index (χ4n) is 5.30. The highest BCUT2D eigenvalue weighted by Crippen LogP contribution is 2.48. The Kier molecular flexibility index (Phi) is 5.99. The fraction of sp³-hybridized carbons (Fsp3) is 0.538. The molecule has 0 aliphatic carbocycles. The number of hydrogen-bond donors (Lipinski definition) is 0. The van der Waals surface area contributed by atoms with Gasteiger partial charge < -0.3 is 9.80 Å². The quantitative estimate of drug-likeness (QED) is 0.557. The molecule has 2 aliphatic heterocycles. The van der Waals surface area contributed by atoms with E-state index in [2.05, 4.69) is 80.1 Å². The second kappa shape index (κ2) is 8.35. The Morgan fingerprint density at radius 2 is 1.79 bits per heavy atom. The van der Waals surface area contributed by atoms with Crippen molar-refractivity contribution in [3.05, 3.63) is 58.7 Å². The lowest BCUT2D eigenvalue weighted by atomic mass is 9.74. The van der Waals surface area contributed by atoms with E-state index in [1.54, 1.807) is 5.56 Å². The molecule has 1 saturated heterocycles. The van der Waals surface area contributed by atoms with Gasteiger partial charge in [0, 0.05) is 35.6 Å². The highest BCUT2D eigenvalue weighted by Gasteiger charge is 2.44. The van der Waals surface area contributed by atoms with Gasteiger partial charge in [-0.1, -0.05) is 37.6 Å². The minimum absolute atomic E-state index is 0.326. The largest absolute Gasteiger partial charge is 0.366 e. The van der Waals surface area contributed by atoms with E-state index in [0.717, 1.165) is 12.5 Å². The van der Waals surface area contributed by atoms with Crippen molar-refractivity contribution in [2.24, 2.45) is 5.92 Å². The number of benzene rings is 2.